The van der Waals surface area contributed by atoms with Gasteiger partial charge >= 0.3 is 18.2 Å². The second kappa shape index (κ2) is 5.10. The van der Waals surface area contributed by atoms with E-state index in [1.54, 1.807) is 0 Å². The van der Waals surface area contributed by atoms with Gasteiger partial charge in [-0.05, 0) is 18.8 Å². The van der Waals surface area contributed by atoms with Crippen LogP contribution in [0.5, 0.6) is 0 Å². The Morgan fingerprint density at radius 2 is 2.00 bits per heavy atom. The zero-order valence-electron chi connectivity index (χ0n) is 9.72. The molecule has 1 saturated heterocycles. The van der Waals surface area contributed by atoms with Gasteiger partial charge in [-0.2, -0.15) is 13.2 Å². The first-order valence-electron chi connectivity index (χ1n) is 5.66. The Hall–Kier alpha value is -1.12. The fourth-order valence-electron chi connectivity index (χ4n) is 1.91. The first-order chi connectivity index (χ1) is 8.79. The Morgan fingerprint density at radius 3 is 2.47 bits per heavy atom. The fraction of sp³-hybridized carbons (Fsp3) is 0.800. The molecule has 0 radical (unpaired) electrons. The molecule has 0 aromatic rings. The van der Waals surface area contributed by atoms with Crippen molar-refractivity contribution in [3.8, 4) is 0 Å². The van der Waals surface area contributed by atoms with Crippen LogP contribution in [0.3, 0.4) is 0 Å². The van der Waals surface area contributed by atoms with E-state index in [9.17, 15) is 22.8 Å². The first kappa shape index (κ1) is 14.3. The van der Waals surface area contributed by atoms with Crippen molar-refractivity contribution < 1.29 is 32.6 Å². The Kier molecular flexibility index (Phi) is 3.84. The van der Waals surface area contributed by atoms with Gasteiger partial charge in [0.1, 0.15) is 6.04 Å². The number of alkyl halides is 3. The van der Waals surface area contributed by atoms with Gasteiger partial charge in [-0.3, -0.25) is 4.90 Å². The maximum absolute atomic E-state index is 12.0. The molecule has 5 nitrogen and oxygen atoms in total. The molecule has 1 heterocycles. The van der Waals surface area contributed by atoms with Gasteiger partial charge in [-0.25, -0.2) is 9.59 Å². The molecule has 1 saturated carbocycles. The zero-order valence-corrected chi connectivity index (χ0v) is 10.5. The van der Waals surface area contributed by atoms with Crippen molar-refractivity contribution in [3.05, 3.63) is 0 Å². The lowest BCUT2D eigenvalue weighted by molar-refractivity contribution is -0.163. The van der Waals surface area contributed by atoms with Crippen LogP contribution in [-0.4, -0.2) is 52.0 Å². The second-order valence-corrected chi connectivity index (χ2v) is 5.64. The third-order valence-corrected chi connectivity index (χ3v) is 4.38. The predicted octanol–water partition coefficient (Wildman–Crippen LogP) is 1.92. The summed E-state index contributed by atoms with van der Waals surface area (Å²) in [6.07, 6.45) is -4.11. The van der Waals surface area contributed by atoms with E-state index in [1.165, 1.54) is 11.8 Å². The molecule has 2 aliphatic rings. The van der Waals surface area contributed by atoms with Crippen LogP contribution in [0.25, 0.3) is 0 Å². The number of aliphatic carboxylic acids is 1. The SMILES string of the molecule is O=C(O)C1CSC(C2CC2)N1C(=O)OCC(F)(F)F. The van der Waals surface area contributed by atoms with Crippen LogP contribution in [0.2, 0.25) is 0 Å². The zero-order chi connectivity index (χ0) is 14.2. The number of halogens is 3. The Morgan fingerprint density at radius 1 is 1.37 bits per heavy atom. The summed E-state index contributed by atoms with van der Waals surface area (Å²) < 4.78 is 40.2. The van der Waals surface area contributed by atoms with Crippen LogP contribution in [0.4, 0.5) is 18.0 Å². The minimum atomic E-state index is -4.61. The number of carbonyl (C=O) groups excluding carboxylic acids is 1. The number of nitrogens with zero attached hydrogens (tertiary/aromatic N) is 1. The third kappa shape index (κ3) is 3.46. The molecule has 1 aliphatic carbocycles. The number of thioether (sulfide) groups is 1. The lowest BCUT2D eigenvalue weighted by Crippen LogP contribution is -2.47. The molecule has 0 spiro atoms. The fourth-order valence-corrected chi connectivity index (χ4v) is 3.53. The molecular weight excluding hydrogens is 287 g/mol. The third-order valence-electron chi connectivity index (χ3n) is 2.92. The van der Waals surface area contributed by atoms with E-state index in [0.29, 0.717) is 0 Å². The number of amides is 1. The molecule has 2 rings (SSSR count). The largest absolute Gasteiger partial charge is 0.480 e. The van der Waals surface area contributed by atoms with Gasteiger partial charge in [-0.1, -0.05) is 0 Å². The van der Waals surface area contributed by atoms with Crippen molar-refractivity contribution in [3.63, 3.8) is 0 Å². The topological polar surface area (TPSA) is 66.8 Å². The molecule has 1 amide bonds. The molecule has 1 aliphatic heterocycles. The van der Waals surface area contributed by atoms with Gasteiger partial charge in [0.05, 0.1) is 5.37 Å². The average Bonchev–Trinajstić information content (AvgIpc) is 3.03. The second-order valence-electron chi connectivity index (χ2n) is 4.49. The lowest BCUT2D eigenvalue weighted by Gasteiger charge is -2.26. The maximum atomic E-state index is 12.0. The molecule has 2 unspecified atom stereocenters. The van der Waals surface area contributed by atoms with E-state index >= 15 is 0 Å². The van der Waals surface area contributed by atoms with Crippen molar-refractivity contribution >= 4 is 23.8 Å². The average molecular weight is 299 g/mol. The Balaban J connectivity index is 2.03. The van der Waals surface area contributed by atoms with Crippen molar-refractivity contribution in [2.24, 2.45) is 5.92 Å². The normalized spacial score (nSPS) is 27.4. The molecule has 9 heteroatoms. The lowest BCUT2D eigenvalue weighted by atomic mass is 10.2. The van der Waals surface area contributed by atoms with E-state index in [1.807, 2.05) is 0 Å². The van der Waals surface area contributed by atoms with Crippen LogP contribution < -0.4 is 0 Å². The van der Waals surface area contributed by atoms with Gasteiger partial charge in [-0.15, -0.1) is 11.8 Å². The quantitative estimate of drug-likeness (QED) is 0.862. The van der Waals surface area contributed by atoms with Gasteiger partial charge in [0.15, 0.2) is 6.61 Å². The number of hydrogen-bond acceptors (Lipinski definition) is 4. The van der Waals surface area contributed by atoms with E-state index in [2.05, 4.69) is 4.74 Å². The Labute approximate surface area is 111 Å². The minimum absolute atomic E-state index is 0.160. The number of ether oxygens (including phenoxy) is 1. The predicted molar refractivity (Wildman–Crippen MR) is 59.6 cm³/mol. The van der Waals surface area contributed by atoms with Crippen molar-refractivity contribution in [2.75, 3.05) is 12.4 Å². The smallest absolute Gasteiger partial charge is 0.422 e. The molecule has 108 valence electrons. The molecule has 1 N–H and O–H groups in total. The number of hydrogen-bond donors (Lipinski definition) is 1. The van der Waals surface area contributed by atoms with Crippen molar-refractivity contribution in [2.45, 2.75) is 30.4 Å². The van der Waals surface area contributed by atoms with Crippen LogP contribution >= 0.6 is 11.8 Å². The van der Waals surface area contributed by atoms with Gasteiger partial charge < -0.3 is 9.84 Å². The van der Waals surface area contributed by atoms with E-state index in [0.717, 1.165) is 17.7 Å². The summed E-state index contributed by atoms with van der Waals surface area (Å²) in [5.41, 5.74) is 0. The maximum Gasteiger partial charge on any atom is 0.422 e. The van der Waals surface area contributed by atoms with Gasteiger partial charge in [0.2, 0.25) is 0 Å². The summed E-state index contributed by atoms with van der Waals surface area (Å²) in [4.78, 5) is 23.6. The van der Waals surface area contributed by atoms with Crippen LogP contribution in [-0.2, 0) is 9.53 Å². The minimum Gasteiger partial charge on any atom is -0.480 e. The van der Waals surface area contributed by atoms with Crippen LogP contribution in [0, 0.1) is 5.92 Å². The molecule has 0 aromatic heterocycles. The number of carboxylic acids is 1. The highest BCUT2D eigenvalue weighted by Crippen LogP contribution is 2.45. The summed E-state index contributed by atoms with van der Waals surface area (Å²) in [5.74, 6) is -0.884. The number of rotatable bonds is 3. The summed E-state index contributed by atoms with van der Waals surface area (Å²) in [5, 5.41) is 8.61. The number of carbonyl (C=O) groups is 2. The summed E-state index contributed by atoms with van der Waals surface area (Å²) in [7, 11) is 0. The van der Waals surface area contributed by atoms with Crippen molar-refractivity contribution in [1.82, 2.24) is 4.90 Å². The molecule has 0 bridgehead atoms. The monoisotopic (exact) mass is 299 g/mol. The van der Waals surface area contributed by atoms with Crippen LogP contribution in [0.1, 0.15) is 12.8 Å². The molecule has 19 heavy (non-hydrogen) atoms. The standard InChI is InChI=1S/C10H12F3NO4S/c11-10(12,13)4-18-9(17)14-6(8(15)16)3-19-7(14)5-1-2-5/h5-7H,1-4H2,(H,15,16). The van der Waals surface area contributed by atoms with E-state index in [-0.39, 0.29) is 17.0 Å². The summed E-state index contributed by atoms with van der Waals surface area (Å²) in [6, 6.07) is -1.11. The summed E-state index contributed by atoms with van der Waals surface area (Å²) in [6.45, 7) is -1.70. The summed E-state index contributed by atoms with van der Waals surface area (Å²) >= 11 is 1.28. The highest BCUT2D eigenvalue weighted by molar-refractivity contribution is 8.00. The Bertz CT molecular complexity index is 385. The number of carboxylic acid groups (broad SMARTS) is 1. The van der Waals surface area contributed by atoms with Gasteiger partial charge in [0, 0.05) is 5.75 Å². The highest BCUT2D eigenvalue weighted by atomic mass is 32.2. The molecule has 2 fully saturated rings. The van der Waals surface area contributed by atoms with Gasteiger partial charge in [0.25, 0.3) is 0 Å². The van der Waals surface area contributed by atoms with Crippen molar-refractivity contribution in [1.29, 1.82) is 0 Å². The molecular formula is C10H12F3NO4S. The molecule has 0 aromatic carbocycles. The highest BCUT2D eigenvalue weighted by Gasteiger charge is 2.49. The first-order valence-corrected chi connectivity index (χ1v) is 6.71. The van der Waals surface area contributed by atoms with E-state index in [4.69, 9.17) is 5.11 Å². The molecule has 2 atom stereocenters. The van der Waals surface area contributed by atoms with E-state index < -0.39 is 30.9 Å². The van der Waals surface area contributed by atoms with Crippen LogP contribution in [0.15, 0.2) is 0 Å².